The molecule has 0 saturated heterocycles. The molecule has 1 atom stereocenters. The molecule has 0 bridgehead atoms. The molecule has 2 aromatic rings. The third-order valence-electron chi connectivity index (χ3n) is 2.75. The van der Waals surface area contributed by atoms with Crippen molar-refractivity contribution < 1.29 is 0 Å². The molecule has 0 radical (unpaired) electrons. The average Bonchev–Trinajstić information content (AvgIpc) is 2.78. The fourth-order valence-corrected chi connectivity index (χ4v) is 1.86. The lowest BCUT2D eigenvalue weighted by molar-refractivity contribution is 0.555. The molecule has 90 valence electrons. The van der Waals surface area contributed by atoms with Crippen molar-refractivity contribution in [1.82, 2.24) is 19.9 Å². The molecule has 0 aromatic carbocycles. The molecule has 4 heteroatoms. The Bertz CT molecular complexity index is 449. The Kier molecular flexibility index (Phi) is 3.88. The Balaban J connectivity index is 2.29. The highest BCUT2D eigenvalue weighted by Gasteiger charge is 2.16. The fraction of sp³-hybridized carbons (Fsp3) is 0.385. The first-order valence-corrected chi connectivity index (χ1v) is 5.93. The Morgan fingerprint density at radius 2 is 2.06 bits per heavy atom. The third-order valence-corrected chi connectivity index (χ3v) is 2.75. The number of imidazole rings is 1. The molecule has 2 aromatic heterocycles. The summed E-state index contributed by atoms with van der Waals surface area (Å²) in [6.07, 6.45) is 8.54. The summed E-state index contributed by atoms with van der Waals surface area (Å²) in [4.78, 5) is 8.48. The first-order chi connectivity index (χ1) is 8.33. The number of aryl methyl sites for hydroxylation is 1. The van der Waals surface area contributed by atoms with E-state index in [2.05, 4.69) is 22.2 Å². The van der Waals surface area contributed by atoms with Crippen LogP contribution >= 0.6 is 0 Å². The average molecular weight is 230 g/mol. The molecule has 0 aliphatic heterocycles. The van der Waals surface area contributed by atoms with Crippen LogP contribution in [0, 0.1) is 0 Å². The van der Waals surface area contributed by atoms with Crippen molar-refractivity contribution in [3.63, 3.8) is 0 Å². The number of rotatable bonds is 5. The molecular formula is C13H18N4. The monoisotopic (exact) mass is 230 g/mol. The molecule has 17 heavy (non-hydrogen) atoms. The summed E-state index contributed by atoms with van der Waals surface area (Å²) in [6.45, 7) is 3.13. The summed E-state index contributed by atoms with van der Waals surface area (Å²) >= 11 is 0. The van der Waals surface area contributed by atoms with Crippen LogP contribution in [0.2, 0.25) is 0 Å². The third kappa shape index (κ3) is 2.71. The van der Waals surface area contributed by atoms with Crippen LogP contribution in [0.5, 0.6) is 0 Å². The second-order valence-electron chi connectivity index (χ2n) is 4.06. The zero-order chi connectivity index (χ0) is 12.1. The predicted molar refractivity (Wildman–Crippen MR) is 67.6 cm³/mol. The molecule has 2 rings (SSSR count). The van der Waals surface area contributed by atoms with Gasteiger partial charge in [-0.25, -0.2) is 4.98 Å². The van der Waals surface area contributed by atoms with Gasteiger partial charge in [-0.3, -0.25) is 4.98 Å². The van der Waals surface area contributed by atoms with E-state index in [9.17, 15) is 0 Å². The quantitative estimate of drug-likeness (QED) is 0.853. The normalized spacial score (nSPS) is 12.6. The van der Waals surface area contributed by atoms with Crippen LogP contribution in [0.4, 0.5) is 0 Å². The molecule has 0 aliphatic carbocycles. The standard InChI is InChI=1S/C13H18N4/c1-3-6-15-12(11-4-7-14-8-5-11)13-16-9-10-17(13)2/h4-5,7-10,12,15H,3,6H2,1-2H3. The Morgan fingerprint density at radius 1 is 1.29 bits per heavy atom. The number of pyridine rings is 1. The molecule has 2 heterocycles. The maximum Gasteiger partial charge on any atom is 0.130 e. The van der Waals surface area contributed by atoms with Gasteiger partial charge in [-0.15, -0.1) is 0 Å². The van der Waals surface area contributed by atoms with Crippen molar-refractivity contribution in [2.75, 3.05) is 6.54 Å². The lowest BCUT2D eigenvalue weighted by Gasteiger charge is -2.18. The number of nitrogens with zero attached hydrogens (tertiary/aromatic N) is 3. The van der Waals surface area contributed by atoms with Gasteiger partial charge in [0.2, 0.25) is 0 Å². The Hall–Kier alpha value is -1.68. The molecule has 1 unspecified atom stereocenters. The van der Waals surface area contributed by atoms with Gasteiger partial charge in [-0.2, -0.15) is 0 Å². The summed E-state index contributed by atoms with van der Waals surface area (Å²) in [5, 5.41) is 3.52. The van der Waals surface area contributed by atoms with E-state index in [-0.39, 0.29) is 6.04 Å². The molecule has 1 N–H and O–H groups in total. The van der Waals surface area contributed by atoms with Gasteiger partial charge in [0.1, 0.15) is 5.82 Å². The van der Waals surface area contributed by atoms with Crippen molar-refractivity contribution in [2.45, 2.75) is 19.4 Å². The first kappa shape index (κ1) is 11.8. The van der Waals surface area contributed by atoms with Gasteiger partial charge >= 0.3 is 0 Å². The van der Waals surface area contributed by atoms with E-state index >= 15 is 0 Å². The SMILES string of the molecule is CCCNC(c1ccncc1)c1nccn1C. The molecule has 4 nitrogen and oxygen atoms in total. The number of nitrogens with one attached hydrogen (secondary N) is 1. The van der Waals surface area contributed by atoms with Crippen molar-refractivity contribution >= 4 is 0 Å². The van der Waals surface area contributed by atoms with Crippen LogP contribution in [-0.2, 0) is 7.05 Å². The molecular weight excluding hydrogens is 212 g/mol. The molecule has 0 saturated carbocycles. The predicted octanol–water partition coefficient (Wildman–Crippen LogP) is 1.90. The molecule has 0 spiro atoms. The van der Waals surface area contributed by atoms with Crippen molar-refractivity contribution in [3.8, 4) is 0 Å². The van der Waals surface area contributed by atoms with E-state index in [1.54, 1.807) is 0 Å². The second kappa shape index (κ2) is 5.59. The highest BCUT2D eigenvalue weighted by Crippen LogP contribution is 2.19. The van der Waals surface area contributed by atoms with E-state index in [4.69, 9.17) is 0 Å². The minimum absolute atomic E-state index is 0.137. The topological polar surface area (TPSA) is 42.7 Å². The molecule has 0 aliphatic rings. The van der Waals surface area contributed by atoms with Crippen molar-refractivity contribution in [2.24, 2.45) is 7.05 Å². The zero-order valence-electron chi connectivity index (χ0n) is 10.3. The molecule has 0 fully saturated rings. The van der Waals surface area contributed by atoms with Crippen LogP contribution in [0.3, 0.4) is 0 Å². The number of hydrogen-bond acceptors (Lipinski definition) is 3. The lowest BCUT2D eigenvalue weighted by atomic mass is 10.1. The van der Waals surface area contributed by atoms with Gasteiger partial charge in [0, 0.05) is 31.8 Å². The van der Waals surface area contributed by atoms with Gasteiger partial charge < -0.3 is 9.88 Å². The van der Waals surface area contributed by atoms with Crippen molar-refractivity contribution in [3.05, 3.63) is 48.3 Å². The summed E-state index contributed by atoms with van der Waals surface area (Å²) < 4.78 is 2.05. The first-order valence-electron chi connectivity index (χ1n) is 5.93. The van der Waals surface area contributed by atoms with Crippen molar-refractivity contribution in [1.29, 1.82) is 0 Å². The van der Waals surface area contributed by atoms with E-state index in [1.165, 1.54) is 5.56 Å². The smallest absolute Gasteiger partial charge is 0.130 e. The van der Waals surface area contributed by atoms with Crippen LogP contribution in [-0.4, -0.2) is 21.1 Å². The maximum atomic E-state index is 4.43. The summed E-state index contributed by atoms with van der Waals surface area (Å²) in [5.41, 5.74) is 1.20. The number of aromatic nitrogens is 3. The van der Waals surface area contributed by atoms with Crippen LogP contribution in [0.15, 0.2) is 36.9 Å². The van der Waals surface area contributed by atoms with Gasteiger partial charge in [0.25, 0.3) is 0 Å². The lowest BCUT2D eigenvalue weighted by Crippen LogP contribution is -2.25. The largest absolute Gasteiger partial charge is 0.336 e. The van der Waals surface area contributed by atoms with E-state index in [0.29, 0.717) is 0 Å². The summed E-state index contributed by atoms with van der Waals surface area (Å²) in [6, 6.07) is 4.20. The van der Waals surface area contributed by atoms with E-state index in [0.717, 1.165) is 18.8 Å². The zero-order valence-corrected chi connectivity index (χ0v) is 10.3. The van der Waals surface area contributed by atoms with Crippen LogP contribution < -0.4 is 5.32 Å². The molecule has 0 amide bonds. The second-order valence-corrected chi connectivity index (χ2v) is 4.06. The maximum absolute atomic E-state index is 4.43. The van der Waals surface area contributed by atoms with E-state index < -0.39 is 0 Å². The van der Waals surface area contributed by atoms with Crippen LogP contribution in [0.25, 0.3) is 0 Å². The minimum Gasteiger partial charge on any atom is -0.336 e. The summed E-state index contributed by atoms with van der Waals surface area (Å²) in [5.74, 6) is 1.03. The highest BCUT2D eigenvalue weighted by atomic mass is 15.1. The van der Waals surface area contributed by atoms with Gasteiger partial charge in [0.15, 0.2) is 0 Å². The van der Waals surface area contributed by atoms with Gasteiger partial charge in [0.05, 0.1) is 6.04 Å². The fourth-order valence-electron chi connectivity index (χ4n) is 1.86. The Morgan fingerprint density at radius 3 is 2.65 bits per heavy atom. The Labute approximate surface area is 102 Å². The van der Waals surface area contributed by atoms with Gasteiger partial charge in [-0.05, 0) is 30.7 Å². The summed E-state index contributed by atoms with van der Waals surface area (Å²) in [7, 11) is 2.02. The van der Waals surface area contributed by atoms with Gasteiger partial charge in [-0.1, -0.05) is 6.92 Å². The minimum atomic E-state index is 0.137. The van der Waals surface area contributed by atoms with Crippen LogP contribution in [0.1, 0.15) is 30.8 Å². The highest BCUT2D eigenvalue weighted by molar-refractivity contribution is 5.22. The van der Waals surface area contributed by atoms with E-state index in [1.807, 2.05) is 48.5 Å². The number of hydrogen-bond donors (Lipinski definition) is 1.